The first-order valence-electron chi connectivity index (χ1n) is 5.39. The second-order valence-corrected chi connectivity index (χ2v) is 3.87. The third kappa shape index (κ3) is 2.57. The van der Waals surface area contributed by atoms with Gasteiger partial charge < -0.3 is 0 Å². The highest BCUT2D eigenvalue weighted by molar-refractivity contribution is 5.24. The predicted octanol–water partition coefficient (Wildman–Crippen LogP) is 3.28. The summed E-state index contributed by atoms with van der Waals surface area (Å²) in [4.78, 5) is 0. The van der Waals surface area contributed by atoms with Gasteiger partial charge in [0.1, 0.15) is 6.10 Å². The van der Waals surface area contributed by atoms with E-state index in [1.807, 2.05) is 24.3 Å². The van der Waals surface area contributed by atoms with Crippen molar-refractivity contribution < 1.29 is 18.3 Å². The fraction of sp³-hybridized carbons (Fsp3) is 0.500. The number of halogens is 2. The van der Waals surface area contributed by atoms with Crippen LogP contribution >= 0.6 is 0 Å². The van der Waals surface area contributed by atoms with Crippen LogP contribution in [0.3, 0.4) is 0 Å². The second-order valence-electron chi connectivity index (χ2n) is 3.87. The van der Waals surface area contributed by atoms with Crippen molar-refractivity contribution in [3.05, 3.63) is 35.4 Å². The molecule has 1 unspecified atom stereocenters. The number of benzene rings is 1. The van der Waals surface area contributed by atoms with Crippen molar-refractivity contribution in [1.82, 2.24) is 0 Å². The molecule has 1 saturated heterocycles. The van der Waals surface area contributed by atoms with Gasteiger partial charge in [-0.2, -0.15) is 0 Å². The summed E-state index contributed by atoms with van der Waals surface area (Å²) in [6, 6.07) is 7.53. The molecule has 0 saturated carbocycles. The zero-order valence-electron chi connectivity index (χ0n) is 9.08. The summed E-state index contributed by atoms with van der Waals surface area (Å²) in [7, 11) is 0. The minimum Gasteiger partial charge on any atom is -0.293 e. The van der Waals surface area contributed by atoms with Crippen molar-refractivity contribution >= 4 is 0 Å². The van der Waals surface area contributed by atoms with E-state index < -0.39 is 12.4 Å². The highest BCUT2D eigenvalue weighted by Crippen LogP contribution is 2.35. The summed E-state index contributed by atoms with van der Waals surface area (Å²) in [5.74, 6) is 0. The summed E-state index contributed by atoms with van der Waals surface area (Å²) in [5, 5.41) is 0. The standard InChI is InChI=1S/C12H14F2O2/c1-2-3-9-4-6-10(7-5-9)11-8-15-12(13,14)16-11/h4-7,11H,2-3,8H2,1H3. The Morgan fingerprint density at radius 2 is 2.00 bits per heavy atom. The van der Waals surface area contributed by atoms with E-state index in [4.69, 9.17) is 0 Å². The van der Waals surface area contributed by atoms with E-state index in [0.717, 1.165) is 18.4 Å². The molecule has 0 aromatic heterocycles. The van der Waals surface area contributed by atoms with Crippen LogP contribution in [0.1, 0.15) is 30.6 Å². The molecule has 0 aliphatic carbocycles. The van der Waals surface area contributed by atoms with Crippen LogP contribution in [0.5, 0.6) is 0 Å². The molecule has 1 atom stereocenters. The zero-order chi connectivity index (χ0) is 11.6. The first-order chi connectivity index (χ1) is 7.61. The third-order valence-corrected chi connectivity index (χ3v) is 2.57. The Morgan fingerprint density at radius 1 is 1.31 bits per heavy atom. The number of hydrogen-bond acceptors (Lipinski definition) is 2. The van der Waals surface area contributed by atoms with Crippen molar-refractivity contribution in [3.8, 4) is 0 Å². The van der Waals surface area contributed by atoms with Crippen LogP contribution in [-0.4, -0.2) is 12.9 Å². The summed E-state index contributed by atoms with van der Waals surface area (Å²) in [5.41, 5.74) is 1.94. The van der Waals surface area contributed by atoms with E-state index in [1.54, 1.807) is 0 Å². The van der Waals surface area contributed by atoms with Gasteiger partial charge in [0.2, 0.25) is 0 Å². The van der Waals surface area contributed by atoms with Gasteiger partial charge in [-0.3, -0.25) is 9.47 Å². The maximum Gasteiger partial charge on any atom is 0.486 e. The fourth-order valence-electron chi connectivity index (χ4n) is 1.76. The van der Waals surface area contributed by atoms with Gasteiger partial charge in [0, 0.05) is 0 Å². The molecule has 0 N–H and O–H groups in total. The number of hydrogen-bond donors (Lipinski definition) is 0. The van der Waals surface area contributed by atoms with Crippen LogP contribution in [0.15, 0.2) is 24.3 Å². The molecule has 1 aromatic carbocycles. The van der Waals surface area contributed by atoms with Gasteiger partial charge in [-0.15, -0.1) is 8.78 Å². The lowest BCUT2D eigenvalue weighted by atomic mass is 10.1. The lowest BCUT2D eigenvalue weighted by molar-refractivity contribution is -0.347. The van der Waals surface area contributed by atoms with E-state index in [1.165, 1.54) is 5.56 Å². The van der Waals surface area contributed by atoms with Gasteiger partial charge in [-0.1, -0.05) is 37.6 Å². The lowest BCUT2D eigenvalue weighted by Crippen LogP contribution is -2.15. The third-order valence-electron chi connectivity index (χ3n) is 2.57. The lowest BCUT2D eigenvalue weighted by Gasteiger charge is -2.10. The Morgan fingerprint density at radius 3 is 2.50 bits per heavy atom. The normalized spacial score (nSPS) is 23.6. The summed E-state index contributed by atoms with van der Waals surface area (Å²) in [6.07, 6.45) is -2.03. The average molecular weight is 228 g/mol. The van der Waals surface area contributed by atoms with E-state index >= 15 is 0 Å². The molecule has 1 aliphatic heterocycles. The molecule has 2 nitrogen and oxygen atoms in total. The van der Waals surface area contributed by atoms with Crippen LogP contribution in [-0.2, 0) is 15.9 Å². The van der Waals surface area contributed by atoms with Crippen molar-refractivity contribution in [3.63, 3.8) is 0 Å². The highest BCUT2D eigenvalue weighted by Gasteiger charge is 2.43. The smallest absolute Gasteiger partial charge is 0.293 e. The van der Waals surface area contributed by atoms with E-state index in [-0.39, 0.29) is 6.61 Å². The Kier molecular flexibility index (Phi) is 3.21. The average Bonchev–Trinajstić information content (AvgIpc) is 2.61. The molecular weight excluding hydrogens is 214 g/mol. The molecule has 1 aliphatic rings. The Labute approximate surface area is 93.2 Å². The van der Waals surface area contributed by atoms with Gasteiger partial charge >= 0.3 is 6.29 Å². The highest BCUT2D eigenvalue weighted by atomic mass is 19.3. The molecule has 0 spiro atoms. The van der Waals surface area contributed by atoms with Gasteiger partial charge in [0.25, 0.3) is 0 Å². The quantitative estimate of drug-likeness (QED) is 0.790. The maximum atomic E-state index is 12.6. The molecule has 16 heavy (non-hydrogen) atoms. The number of rotatable bonds is 3. The molecule has 1 heterocycles. The van der Waals surface area contributed by atoms with E-state index in [9.17, 15) is 8.78 Å². The van der Waals surface area contributed by atoms with Crippen molar-refractivity contribution in [1.29, 1.82) is 0 Å². The van der Waals surface area contributed by atoms with Crippen LogP contribution in [0, 0.1) is 0 Å². The van der Waals surface area contributed by atoms with Gasteiger partial charge in [-0.05, 0) is 17.5 Å². The Bertz CT molecular complexity index is 349. The molecule has 1 aromatic rings. The molecule has 0 bridgehead atoms. The Hall–Kier alpha value is -1.00. The molecule has 1 fully saturated rings. The van der Waals surface area contributed by atoms with Gasteiger partial charge in [-0.25, -0.2) is 0 Å². The second kappa shape index (κ2) is 4.47. The van der Waals surface area contributed by atoms with Crippen LogP contribution < -0.4 is 0 Å². The SMILES string of the molecule is CCCc1ccc(C2COC(F)(F)O2)cc1. The summed E-state index contributed by atoms with van der Waals surface area (Å²) >= 11 is 0. The first kappa shape index (κ1) is 11.5. The number of aryl methyl sites for hydroxylation is 1. The van der Waals surface area contributed by atoms with Crippen molar-refractivity contribution in [2.24, 2.45) is 0 Å². The monoisotopic (exact) mass is 228 g/mol. The van der Waals surface area contributed by atoms with Gasteiger partial charge in [0.15, 0.2) is 0 Å². The maximum absolute atomic E-state index is 12.6. The molecule has 88 valence electrons. The zero-order valence-corrected chi connectivity index (χ0v) is 9.08. The molecule has 0 amide bonds. The van der Waals surface area contributed by atoms with Crippen LogP contribution in [0.2, 0.25) is 0 Å². The minimum absolute atomic E-state index is 0.0971. The predicted molar refractivity (Wildman–Crippen MR) is 55.2 cm³/mol. The Balaban J connectivity index is 2.05. The summed E-state index contributed by atoms with van der Waals surface area (Å²) < 4.78 is 34.0. The number of alkyl halides is 2. The van der Waals surface area contributed by atoms with E-state index in [0.29, 0.717) is 0 Å². The van der Waals surface area contributed by atoms with Gasteiger partial charge in [0.05, 0.1) is 6.61 Å². The topological polar surface area (TPSA) is 18.5 Å². The van der Waals surface area contributed by atoms with Crippen molar-refractivity contribution in [2.45, 2.75) is 32.2 Å². The largest absolute Gasteiger partial charge is 0.486 e. The van der Waals surface area contributed by atoms with Crippen LogP contribution in [0.4, 0.5) is 8.78 Å². The fourth-order valence-corrected chi connectivity index (χ4v) is 1.76. The van der Waals surface area contributed by atoms with Crippen LogP contribution in [0.25, 0.3) is 0 Å². The van der Waals surface area contributed by atoms with E-state index in [2.05, 4.69) is 16.4 Å². The minimum atomic E-state index is -3.44. The summed E-state index contributed by atoms with van der Waals surface area (Å²) in [6.45, 7) is 2.00. The molecule has 4 heteroatoms. The molecule has 2 rings (SSSR count). The number of ether oxygens (including phenoxy) is 2. The first-order valence-corrected chi connectivity index (χ1v) is 5.39. The molecule has 0 radical (unpaired) electrons. The molecular formula is C12H14F2O2. The van der Waals surface area contributed by atoms with Crippen molar-refractivity contribution in [2.75, 3.05) is 6.61 Å².